The molecule has 2 atom stereocenters. The first kappa shape index (κ1) is 16.9. The number of β-amino-alcohol motifs (C(OH)–C–C–N with tert-alkyl or cyclic N) is 1. The molecule has 1 aromatic carbocycles. The Morgan fingerprint density at radius 3 is 2.62 bits per heavy atom. The Bertz CT molecular complexity index is 675. The molecule has 0 saturated carbocycles. The predicted octanol–water partition coefficient (Wildman–Crippen LogP) is 3.45. The molecule has 128 valence electrons. The SMILES string of the molecule is O[C@@H]1C[C@H](c2cccc(C(F)(F)F)c2)N(CCc2ccncc2)C1. The molecule has 0 unspecified atom stereocenters. The van der Waals surface area contributed by atoms with E-state index in [2.05, 4.69) is 9.88 Å². The van der Waals surface area contributed by atoms with Crippen LogP contribution in [0.15, 0.2) is 48.8 Å². The number of aliphatic hydroxyl groups is 1. The van der Waals surface area contributed by atoms with Gasteiger partial charge in [0.1, 0.15) is 0 Å². The van der Waals surface area contributed by atoms with Crippen LogP contribution in [0, 0.1) is 0 Å². The molecule has 1 aromatic heterocycles. The van der Waals surface area contributed by atoms with Crippen LogP contribution >= 0.6 is 0 Å². The molecular formula is C18H19F3N2O. The molecule has 2 aromatic rings. The van der Waals surface area contributed by atoms with E-state index in [4.69, 9.17) is 0 Å². The summed E-state index contributed by atoms with van der Waals surface area (Å²) in [4.78, 5) is 6.03. The van der Waals surface area contributed by atoms with E-state index in [1.54, 1.807) is 18.5 Å². The molecule has 0 bridgehead atoms. The smallest absolute Gasteiger partial charge is 0.392 e. The van der Waals surface area contributed by atoms with Crippen molar-refractivity contribution < 1.29 is 18.3 Å². The highest BCUT2D eigenvalue weighted by Gasteiger charge is 2.34. The van der Waals surface area contributed by atoms with E-state index in [0.717, 1.165) is 18.1 Å². The molecule has 0 spiro atoms. The number of nitrogens with zero attached hydrogens (tertiary/aromatic N) is 2. The van der Waals surface area contributed by atoms with Gasteiger partial charge in [-0.2, -0.15) is 13.2 Å². The van der Waals surface area contributed by atoms with Gasteiger partial charge in [0.05, 0.1) is 11.7 Å². The Kier molecular flexibility index (Phi) is 4.87. The van der Waals surface area contributed by atoms with Crippen molar-refractivity contribution in [2.45, 2.75) is 31.2 Å². The zero-order valence-corrected chi connectivity index (χ0v) is 13.1. The van der Waals surface area contributed by atoms with Gasteiger partial charge in [-0.25, -0.2) is 0 Å². The summed E-state index contributed by atoms with van der Waals surface area (Å²) in [5, 5.41) is 9.98. The van der Waals surface area contributed by atoms with Gasteiger partial charge in [0, 0.05) is 31.5 Å². The maximum Gasteiger partial charge on any atom is 0.416 e. The molecule has 1 saturated heterocycles. The van der Waals surface area contributed by atoms with Gasteiger partial charge < -0.3 is 5.11 Å². The van der Waals surface area contributed by atoms with Crippen molar-refractivity contribution in [2.24, 2.45) is 0 Å². The highest BCUT2D eigenvalue weighted by Crippen LogP contribution is 2.36. The van der Waals surface area contributed by atoms with E-state index >= 15 is 0 Å². The van der Waals surface area contributed by atoms with Gasteiger partial charge in [0.25, 0.3) is 0 Å². The quantitative estimate of drug-likeness (QED) is 0.929. The fourth-order valence-electron chi connectivity index (χ4n) is 3.22. The number of aliphatic hydroxyl groups excluding tert-OH is 1. The third-order valence-electron chi connectivity index (χ3n) is 4.42. The molecule has 0 aliphatic carbocycles. The summed E-state index contributed by atoms with van der Waals surface area (Å²) in [5.74, 6) is 0. The summed E-state index contributed by atoms with van der Waals surface area (Å²) in [6.45, 7) is 1.16. The van der Waals surface area contributed by atoms with Gasteiger partial charge in [0.15, 0.2) is 0 Å². The van der Waals surface area contributed by atoms with Crippen LogP contribution < -0.4 is 0 Å². The van der Waals surface area contributed by atoms with Crippen molar-refractivity contribution in [3.63, 3.8) is 0 Å². The number of halogens is 3. The minimum atomic E-state index is -4.35. The topological polar surface area (TPSA) is 36.4 Å². The number of benzene rings is 1. The number of rotatable bonds is 4. The molecule has 0 amide bonds. The summed E-state index contributed by atoms with van der Waals surface area (Å²) < 4.78 is 38.8. The third kappa shape index (κ3) is 3.94. The van der Waals surface area contributed by atoms with Gasteiger partial charge in [-0.15, -0.1) is 0 Å². The third-order valence-corrected chi connectivity index (χ3v) is 4.42. The zero-order valence-electron chi connectivity index (χ0n) is 13.1. The number of alkyl halides is 3. The molecular weight excluding hydrogens is 317 g/mol. The van der Waals surface area contributed by atoms with Crippen LogP contribution in [0.5, 0.6) is 0 Å². The fourth-order valence-corrected chi connectivity index (χ4v) is 3.22. The van der Waals surface area contributed by atoms with Crippen LogP contribution in [0.2, 0.25) is 0 Å². The highest BCUT2D eigenvalue weighted by molar-refractivity contribution is 5.29. The minimum Gasteiger partial charge on any atom is -0.392 e. The van der Waals surface area contributed by atoms with Gasteiger partial charge in [0.2, 0.25) is 0 Å². The molecule has 3 nitrogen and oxygen atoms in total. The van der Waals surface area contributed by atoms with E-state index in [-0.39, 0.29) is 6.04 Å². The van der Waals surface area contributed by atoms with Crippen molar-refractivity contribution in [1.29, 1.82) is 0 Å². The van der Waals surface area contributed by atoms with Crippen LogP contribution in [0.3, 0.4) is 0 Å². The second-order valence-corrected chi connectivity index (χ2v) is 6.13. The molecule has 24 heavy (non-hydrogen) atoms. The predicted molar refractivity (Wildman–Crippen MR) is 84.3 cm³/mol. The average Bonchev–Trinajstić information content (AvgIpc) is 2.94. The first-order chi connectivity index (χ1) is 11.4. The molecule has 1 fully saturated rings. The lowest BCUT2D eigenvalue weighted by Gasteiger charge is -2.25. The standard InChI is InChI=1S/C18H19F3N2O/c19-18(20,21)15-3-1-2-14(10-15)17-11-16(24)12-23(17)9-6-13-4-7-22-8-5-13/h1-5,7-8,10,16-17,24H,6,9,11-12H2/t16-,17-/m1/s1. The molecule has 1 aliphatic heterocycles. The number of hydrogen-bond acceptors (Lipinski definition) is 3. The molecule has 1 N–H and O–H groups in total. The first-order valence-electron chi connectivity index (χ1n) is 7.91. The largest absolute Gasteiger partial charge is 0.416 e. The monoisotopic (exact) mass is 336 g/mol. The van der Waals surface area contributed by atoms with E-state index in [9.17, 15) is 18.3 Å². The molecule has 3 rings (SSSR count). The number of aromatic nitrogens is 1. The average molecular weight is 336 g/mol. The number of likely N-dealkylation sites (tertiary alicyclic amines) is 1. The van der Waals surface area contributed by atoms with E-state index in [1.807, 2.05) is 12.1 Å². The van der Waals surface area contributed by atoms with Crippen molar-refractivity contribution in [3.8, 4) is 0 Å². The van der Waals surface area contributed by atoms with Crippen LogP contribution in [-0.4, -0.2) is 34.2 Å². The van der Waals surface area contributed by atoms with Crippen molar-refractivity contribution in [1.82, 2.24) is 9.88 Å². The van der Waals surface area contributed by atoms with E-state index < -0.39 is 17.8 Å². The Morgan fingerprint density at radius 1 is 1.17 bits per heavy atom. The lowest BCUT2D eigenvalue weighted by molar-refractivity contribution is -0.137. The summed E-state index contributed by atoms with van der Waals surface area (Å²) in [5.41, 5.74) is 1.08. The van der Waals surface area contributed by atoms with Gasteiger partial charge in [-0.1, -0.05) is 12.1 Å². The van der Waals surface area contributed by atoms with Crippen LogP contribution in [-0.2, 0) is 12.6 Å². The normalized spacial score (nSPS) is 22.0. The van der Waals surface area contributed by atoms with Crippen molar-refractivity contribution in [3.05, 3.63) is 65.5 Å². The van der Waals surface area contributed by atoms with Gasteiger partial charge in [-0.05, 0) is 48.2 Å². The van der Waals surface area contributed by atoms with Crippen molar-refractivity contribution in [2.75, 3.05) is 13.1 Å². The van der Waals surface area contributed by atoms with Crippen LogP contribution in [0.4, 0.5) is 13.2 Å². The van der Waals surface area contributed by atoms with Gasteiger partial charge in [-0.3, -0.25) is 9.88 Å². The highest BCUT2D eigenvalue weighted by atomic mass is 19.4. The molecule has 0 radical (unpaired) electrons. The molecule has 2 heterocycles. The lowest BCUT2D eigenvalue weighted by atomic mass is 10.0. The summed E-state index contributed by atoms with van der Waals surface area (Å²) in [7, 11) is 0. The molecule has 6 heteroatoms. The Labute approximate surface area is 138 Å². The second-order valence-electron chi connectivity index (χ2n) is 6.13. The Morgan fingerprint density at radius 2 is 1.92 bits per heavy atom. The minimum absolute atomic E-state index is 0.191. The zero-order chi connectivity index (χ0) is 17.2. The lowest BCUT2D eigenvalue weighted by Crippen LogP contribution is -2.27. The summed E-state index contributed by atoms with van der Waals surface area (Å²) in [6.07, 6.45) is -0.198. The summed E-state index contributed by atoms with van der Waals surface area (Å²) >= 11 is 0. The first-order valence-corrected chi connectivity index (χ1v) is 7.91. The maximum atomic E-state index is 12.9. The molecule has 1 aliphatic rings. The van der Waals surface area contributed by atoms with Crippen LogP contribution in [0.1, 0.15) is 29.2 Å². The van der Waals surface area contributed by atoms with Crippen molar-refractivity contribution >= 4 is 0 Å². The fraction of sp³-hybridized carbons (Fsp3) is 0.389. The Hall–Kier alpha value is -1.92. The number of pyridine rings is 1. The van der Waals surface area contributed by atoms with E-state index in [1.165, 1.54) is 12.1 Å². The maximum absolute atomic E-state index is 12.9. The number of hydrogen-bond donors (Lipinski definition) is 1. The second kappa shape index (κ2) is 6.91. The Balaban J connectivity index is 1.75. The van der Waals surface area contributed by atoms with E-state index in [0.29, 0.717) is 25.1 Å². The summed E-state index contributed by atoms with van der Waals surface area (Å²) in [6, 6.07) is 9.07. The van der Waals surface area contributed by atoms with Gasteiger partial charge >= 0.3 is 6.18 Å². The van der Waals surface area contributed by atoms with Crippen LogP contribution in [0.25, 0.3) is 0 Å².